The lowest BCUT2D eigenvalue weighted by molar-refractivity contribution is 0.0965. The molecule has 0 spiro atoms. The maximum atomic E-state index is 13.5. The summed E-state index contributed by atoms with van der Waals surface area (Å²) >= 11 is 0. The number of anilines is 9. The van der Waals surface area contributed by atoms with Crippen LogP contribution in [-0.2, 0) is 0 Å². The second kappa shape index (κ2) is 26.2. The third-order valence-electron chi connectivity index (χ3n) is 19.0. The van der Waals surface area contributed by atoms with E-state index in [0.717, 1.165) is 100 Å². The topological polar surface area (TPSA) is 283 Å². The predicted molar refractivity (Wildman–Crippen MR) is 350 cm³/mol. The first kappa shape index (κ1) is 61.5. The summed E-state index contributed by atoms with van der Waals surface area (Å²) in [4.78, 5) is 124. The minimum absolute atomic E-state index is 0.00285. The number of rotatable bonds is 17. The molecule has 94 heavy (non-hydrogen) atoms. The molecule has 3 aliphatic carbocycles. The number of oxazole rings is 1. The zero-order chi connectivity index (χ0) is 64.7. The van der Waals surface area contributed by atoms with E-state index in [1.807, 2.05) is 24.3 Å². The minimum atomic E-state index is -0.418. The van der Waals surface area contributed by atoms with Crippen molar-refractivity contribution in [3.8, 4) is 17.2 Å². The highest BCUT2D eigenvalue weighted by molar-refractivity contribution is 6.07. The van der Waals surface area contributed by atoms with Crippen molar-refractivity contribution < 1.29 is 42.3 Å². The number of aryl methyl sites for hydroxylation is 2. The first-order chi connectivity index (χ1) is 45.7. The molecule has 7 aromatic heterocycles. The third-order valence-corrected chi connectivity index (χ3v) is 19.0. The molecule has 6 aliphatic heterocycles. The Labute approximate surface area is 542 Å². The number of aromatic nitrogens is 8. The number of amides is 6. The lowest BCUT2D eigenvalue weighted by Gasteiger charge is -2.35. The monoisotopic (exact) mass is 1280 g/mol. The summed E-state index contributed by atoms with van der Waals surface area (Å²) in [6.45, 7) is 8.13. The molecule has 3 N–H and O–H groups in total. The normalized spacial score (nSPS) is 19.2. The van der Waals surface area contributed by atoms with Crippen LogP contribution in [0.2, 0.25) is 0 Å². The van der Waals surface area contributed by atoms with Crippen molar-refractivity contribution in [1.82, 2.24) is 39.9 Å². The van der Waals surface area contributed by atoms with E-state index in [9.17, 15) is 33.2 Å². The van der Waals surface area contributed by atoms with Crippen molar-refractivity contribution in [2.45, 2.75) is 128 Å². The number of halogens is 1. The Kier molecular flexibility index (Phi) is 17.1. The number of ether oxygens (including phenoxy) is 1. The third kappa shape index (κ3) is 13.4. The molecule has 13 heterocycles. The van der Waals surface area contributed by atoms with E-state index in [0.29, 0.717) is 101 Å². The maximum Gasteiger partial charge on any atom is 0.329 e. The molecule has 3 atom stereocenters. The summed E-state index contributed by atoms with van der Waals surface area (Å²) < 4.78 is 24.2. The van der Waals surface area contributed by atoms with E-state index in [1.165, 1.54) is 64.1 Å². The molecule has 6 bridgehead atoms. The molecule has 6 amide bonds. The number of fused-ring (bicyclic) bond motifs is 12. The van der Waals surface area contributed by atoms with Gasteiger partial charge in [-0.05, 0) is 124 Å². The van der Waals surface area contributed by atoms with Gasteiger partial charge in [-0.3, -0.25) is 45.0 Å². The highest BCUT2D eigenvalue weighted by Crippen LogP contribution is 2.44. The number of pyridine rings is 5. The molecule has 7 aromatic rings. The molecule has 9 aliphatic rings. The largest absolute Gasteiger partial charge is 0.481 e. The fraction of sp³-hybridized carbons (Fsp3) is 0.441. The van der Waals surface area contributed by atoms with E-state index in [4.69, 9.17) is 14.1 Å². The van der Waals surface area contributed by atoms with Crippen LogP contribution in [0.4, 0.5) is 70.7 Å². The summed E-state index contributed by atoms with van der Waals surface area (Å²) in [6.07, 6.45) is 18.7. The second-order valence-electron chi connectivity index (χ2n) is 25.8. The molecular weight excluding hydrogens is 1200 g/mol. The van der Waals surface area contributed by atoms with E-state index in [2.05, 4.69) is 65.5 Å². The van der Waals surface area contributed by atoms with Gasteiger partial charge >= 0.3 is 18.1 Å². The Morgan fingerprint density at radius 3 is 1.38 bits per heavy atom. The highest BCUT2D eigenvalue weighted by atomic mass is 19.1. The molecule has 0 unspecified atom stereocenters. The zero-order valence-electron chi connectivity index (χ0n) is 52.8. The van der Waals surface area contributed by atoms with Gasteiger partial charge in [0.25, 0.3) is 0 Å². The van der Waals surface area contributed by atoms with Gasteiger partial charge in [0.15, 0.2) is 46.5 Å². The zero-order valence-corrected chi connectivity index (χ0v) is 52.8. The van der Waals surface area contributed by atoms with Crippen molar-refractivity contribution in [3.05, 3.63) is 120 Å². The maximum absolute atomic E-state index is 13.5. The van der Waals surface area contributed by atoms with Crippen LogP contribution < -0.4 is 50.1 Å². The van der Waals surface area contributed by atoms with Gasteiger partial charge in [-0.1, -0.05) is 38.5 Å². The van der Waals surface area contributed by atoms with E-state index in [-0.39, 0.29) is 65.1 Å². The van der Waals surface area contributed by atoms with Gasteiger partial charge in [0.1, 0.15) is 46.7 Å². The summed E-state index contributed by atoms with van der Waals surface area (Å²) in [5.41, 5.74) is 4.91. The van der Waals surface area contributed by atoms with Gasteiger partial charge < -0.3 is 23.9 Å². The standard InChI is InChI=1S/C25H26N6O3.C22H24FN5O2.C21H24N6O3/c1-15-27-13-22(34-15)17-8-10-26-23(12-17)29-25(33)31-18-9-11-30(14-18)20-6-5-19(28-24(20)31)21(32)7-4-16-2-3-16;1-13-16(23)5-9-20(24-13)26-22(30)28-15-10-11-27(12-15)18-7-6-17(25-21(18)28)19(29)8-4-14-2-3-14;1-30-19-10-18(22-12-23-19)25-21(29)27-14-8-9-26(11-14)16-6-5-15(24-20(16)27)17(28)7-4-13-2-3-13/h5-6,8,10,12-13,16,18H,2-4,7,9,11,14H2,1H3,(H,26,29,33);5-7,9,14-15H,2-4,8,10-12H2,1H3,(H,24,26,30);5-6,10,12-14H,2-4,7-9,11H2,1H3,(H,22,23,25,29)/t18-;15-;14-/m000/s1. The van der Waals surface area contributed by atoms with Crippen LogP contribution in [0.15, 0.2) is 89.9 Å². The molecule has 25 nitrogen and oxygen atoms in total. The molecule has 0 aromatic carbocycles. The number of carbonyl (C=O) groups is 6. The number of methoxy groups -OCH3 is 1. The van der Waals surface area contributed by atoms with Crippen molar-refractivity contribution in [2.24, 2.45) is 17.8 Å². The quantitative estimate of drug-likeness (QED) is 0.0714. The summed E-state index contributed by atoms with van der Waals surface area (Å²) in [7, 11) is 1.51. The van der Waals surface area contributed by atoms with Crippen LogP contribution >= 0.6 is 0 Å². The van der Waals surface area contributed by atoms with Crippen molar-refractivity contribution in [1.29, 1.82) is 0 Å². The smallest absolute Gasteiger partial charge is 0.329 e. The molecule has 3 saturated heterocycles. The molecule has 6 fully saturated rings. The molecule has 16 rings (SSSR count). The Balaban J connectivity index is 0.000000122. The Hall–Kier alpha value is -10.0. The van der Waals surface area contributed by atoms with E-state index in [1.54, 1.807) is 71.3 Å². The van der Waals surface area contributed by atoms with Crippen molar-refractivity contribution >= 4 is 87.4 Å². The number of Topliss-reactive ketones (excluding diaryl/α,β-unsaturated/α-hetero) is 3. The Morgan fingerprint density at radius 2 is 0.968 bits per heavy atom. The van der Waals surface area contributed by atoms with Gasteiger partial charge in [-0.25, -0.2) is 58.6 Å². The second-order valence-corrected chi connectivity index (χ2v) is 25.8. The van der Waals surface area contributed by atoms with Gasteiger partial charge in [0.05, 0.1) is 54.2 Å². The SMILES string of the molecule is COc1cc(NC(=O)N2c3nc(C(=O)CCC4CC4)ccc3N3CC[C@H]2C3)ncn1.Cc1nc(NC(=O)N2c3nc(C(=O)CCC4CC4)ccc3N3CC[C@H]2C3)ccc1F.Cc1ncc(-c2ccnc(NC(=O)N3c4nc(C(=O)CCC5CC5)ccc4N4CC[C@H]3C4)c2)o1. The highest BCUT2D eigenvalue weighted by Gasteiger charge is 2.44. The average molecular weight is 1280 g/mol. The van der Waals surface area contributed by atoms with Crippen LogP contribution in [0.25, 0.3) is 11.3 Å². The molecular formula is C68H74FN17O8. The van der Waals surface area contributed by atoms with Crippen LogP contribution in [0.3, 0.4) is 0 Å². The number of nitrogens with zero attached hydrogens (tertiary/aromatic N) is 14. The lowest BCUT2D eigenvalue weighted by atomic mass is 10.1. The van der Waals surface area contributed by atoms with Crippen LogP contribution in [0.5, 0.6) is 5.88 Å². The molecule has 486 valence electrons. The van der Waals surface area contributed by atoms with Crippen LogP contribution in [0, 0.1) is 37.4 Å². The molecule has 0 radical (unpaired) electrons. The van der Waals surface area contributed by atoms with Crippen LogP contribution in [-0.4, -0.2) is 140 Å². The van der Waals surface area contributed by atoms with E-state index >= 15 is 0 Å². The fourth-order valence-electron chi connectivity index (χ4n) is 13.3. The fourth-order valence-corrected chi connectivity index (χ4v) is 13.3. The van der Waals surface area contributed by atoms with Gasteiger partial charge in [-0.15, -0.1) is 0 Å². The number of urea groups is 3. The summed E-state index contributed by atoms with van der Waals surface area (Å²) in [6, 6.07) is 18.0. The Bertz CT molecular complexity index is 4100. The number of carbonyl (C=O) groups excluding carboxylic acids is 6. The number of hydrogen-bond donors (Lipinski definition) is 3. The average Bonchev–Trinajstić information content (AvgIpc) is 1.10. The molecule has 3 saturated carbocycles. The summed E-state index contributed by atoms with van der Waals surface area (Å²) in [5, 5.41) is 8.51. The number of ketones is 3. The van der Waals surface area contributed by atoms with Crippen LogP contribution in [0.1, 0.15) is 139 Å². The van der Waals surface area contributed by atoms with Gasteiger partial charge in [0, 0.05) is 83.3 Å². The number of hydrogen-bond acceptors (Lipinski definition) is 19. The number of nitrogens with one attached hydrogen (secondary N) is 3. The first-order valence-electron chi connectivity index (χ1n) is 32.7. The van der Waals surface area contributed by atoms with Crippen molar-refractivity contribution in [2.75, 3.05) is 91.7 Å². The lowest BCUT2D eigenvalue weighted by Crippen LogP contribution is -2.48. The minimum Gasteiger partial charge on any atom is -0.481 e. The van der Waals surface area contributed by atoms with Gasteiger partial charge in [-0.2, -0.15) is 0 Å². The Morgan fingerprint density at radius 1 is 0.521 bits per heavy atom. The molecule has 26 heteroatoms. The van der Waals surface area contributed by atoms with E-state index < -0.39 is 5.82 Å². The van der Waals surface area contributed by atoms with Gasteiger partial charge in [0.2, 0.25) is 5.88 Å². The summed E-state index contributed by atoms with van der Waals surface area (Å²) in [5.74, 6) is 5.96. The first-order valence-corrected chi connectivity index (χ1v) is 32.7. The van der Waals surface area contributed by atoms with Crippen molar-refractivity contribution in [3.63, 3.8) is 0 Å². The predicted octanol–water partition coefficient (Wildman–Crippen LogP) is 11.3.